The molecular formula is C17H28N2S. The number of hydrogen-bond acceptors (Lipinski definition) is 3. The van der Waals surface area contributed by atoms with Crippen molar-refractivity contribution in [2.24, 2.45) is 5.92 Å². The van der Waals surface area contributed by atoms with E-state index in [2.05, 4.69) is 36.2 Å². The molecule has 1 aromatic rings. The quantitative estimate of drug-likeness (QED) is 0.740. The van der Waals surface area contributed by atoms with Crippen LogP contribution in [0.4, 0.5) is 0 Å². The summed E-state index contributed by atoms with van der Waals surface area (Å²) < 4.78 is 0. The van der Waals surface area contributed by atoms with E-state index in [4.69, 9.17) is 0 Å². The average Bonchev–Trinajstić information content (AvgIpc) is 3.32. The zero-order valence-corrected chi connectivity index (χ0v) is 13.7. The van der Waals surface area contributed by atoms with Gasteiger partial charge < -0.3 is 5.32 Å². The van der Waals surface area contributed by atoms with Gasteiger partial charge in [0, 0.05) is 34.9 Å². The lowest BCUT2D eigenvalue weighted by atomic mass is 10.1. The van der Waals surface area contributed by atoms with Gasteiger partial charge in [-0.3, -0.25) is 4.90 Å². The SMILES string of the molecule is CC(C)CCN(Cc1ccc(CNC2CC2)s1)C1CC1. The molecule has 0 spiro atoms. The van der Waals surface area contributed by atoms with Crippen molar-refractivity contribution in [1.82, 2.24) is 10.2 Å². The fourth-order valence-corrected chi connectivity index (χ4v) is 3.58. The van der Waals surface area contributed by atoms with Crippen LogP contribution in [0.1, 0.15) is 55.7 Å². The number of hydrogen-bond donors (Lipinski definition) is 1. The Morgan fingerprint density at radius 1 is 1.20 bits per heavy atom. The third kappa shape index (κ3) is 4.57. The van der Waals surface area contributed by atoms with Crippen molar-refractivity contribution in [3.05, 3.63) is 21.9 Å². The topological polar surface area (TPSA) is 15.3 Å². The summed E-state index contributed by atoms with van der Waals surface area (Å²) in [7, 11) is 0. The Hall–Kier alpha value is -0.380. The normalized spacial score (nSPS) is 19.2. The van der Waals surface area contributed by atoms with Crippen LogP contribution in [0.3, 0.4) is 0 Å². The molecule has 2 saturated carbocycles. The second-order valence-corrected chi connectivity index (χ2v) is 8.16. The van der Waals surface area contributed by atoms with Gasteiger partial charge in [-0.1, -0.05) is 13.8 Å². The molecule has 0 amide bonds. The Morgan fingerprint density at radius 3 is 2.60 bits per heavy atom. The third-order valence-corrected chi connectivity index (χ3v) is 5.35. The van der Waals surface area contributed by atoms with Crippen LogP contribution in [-0.2, 0) is 13.1 Å². The molecule has 0 aromatic carbocycles. The van der Waals surface area contributed by atoms with Crippen LogP contribution in [0.2, 0.25) is 0 Å². The Bertz CT molecular complexity index is 418. The molecule has 2 aliphatic rings. The molecular weight excluding hydrogens is 264 g/mol. The van der Waals surface area contributed by atoms with E-state index in [1.165, 1.54) is 50.1 Å². The molecule has 0 unspecified atom stereocenters. The van der Waals surface area contributed by atoms with Gasteiger partial charge in [0.05, 0.1) is 0 Å². The van der Waals surface area contributed by atoms with Crippen molar-refractivity contribution in [2.75, 3.05) is 6.54 Å². The van der Waals surface area contributed by atoms with Gasteiger partial charge in [-0.25, -0.2) is 0 Å². The van der Waals surface area contributed by atoms with Gasteiger partial charge in [-0.2, -0.15) is 0 Å². The van der Waals surface area contributed by atoms with Crippen LogP contribution < -0.4 is 5.32 Å². The van der Waals surface area contributed by atoms with Gasteiger partial charge in [-0.15, -0.1) is 11.3 Å². The van der Waals surface area contributed by atoms with Crippen LogP contribution in [0.25, 0.3) is 0 Å². The van der Waals surface area contributed by atoms with E-state index < -0.39 is 0 Å². The molecule has 20 heavy (non-hydrogen) atoms. The van der Waals surface area contributed by atoms with Crippen LogP contribution in [0, 0.1) is 5.92 Å². The van der Waals surface area contributed by atoms with E-state index in [1.54, 1.807) is 4.88 Å². The van der Waals surface area contributed by atoms with Crippen LogP contribution in [-0.4, -0.2) is 23.5 Å². The zero-order valence-electron chi connectivity index (χ0n) is 12.9. The fraction of sp³-hybridized carbons (Fsp3) is 0.765. The van der Waals surface area contributed by atoms with E-state index in [0.717, 1.165) is 24.5 Å². The maximum absolute atomic E-state index is 3.61. The molecule has 2 fully saturated rings. The second-order valence-electron chi connectivity index (χ2n) is 6.91. The zero-order chi connectivity index (χ0) is 13.9. The molecule has 2 nitrogen and oxygen atoms in total. The summed E-state index contributed by atoms with van der Waals surface area (Å²) in [6, 6.07) is 6.36. The van der Waals surface area contributed by atoms with Crippen LogP contribution >= 0.6 is 11.3 Å². The first-order valence-corrected chi connectivity index (χ1v) is 9.07. The lowest BCUT2D eigenvalue weighted by Gasteiger charge is -2.22. The molecule has 0 saturated heterocycles. The van der Waals surface area contributed by atoms with Crippen molar-refractivity contribution in [2.45, 2.75) is 71.1 Å². The van der Waals surface area contributed by atoms with E-state index >= 15 is 0 Å². The summed E-state index contributed by atoms with van der Waals surface area (Å²) in [6.07, 6.45) is 6.92. The van der Waals surface area contributed by atoms with Crippen LogP contribution in [0.15, 0.2) is 12.1 Å². The highest BCUT2D eigenvalue weighted by Gasteiger charge is 2.29. The second kappa shape index (κ2) is 6.59. The van der Waals surface area contributed by atoms with Crippen molar-refractivity contribution in [3.63, 3.8) is 0 Å². The lowest BCUT2D eigenvalue weighted by molar-refractivity contribution is 0.241. The predicted octanol–water partition coefficient (Wildman–Crippen LogP) is 4.01. The number of nitrogens with one attached hydrogen (secondary N) is 1. The molecule has 1 aromatic heterocycles. The van der Waals surface area contributed by atoms with Gasteiger partial charge >= 0.3 is 0 Å². The maximum Gasteiger partial charge on any atom is 0.0330 e. The molecule has 1 N–H and O–H groups in total. The smallest absolute Gasteiger partial charge is 0.0330 e. The minimum atomic E-state index is 0.814. The summed E-state index contributed by atoms with van der Waals surface area (Å²) in [4.78, 5) is 5.77. The van der Waals surface area contributed by atoms with Gasteiger partial charge in [0.15, 0.2) is 0 Å². The fourth-order valence-electron chi connectivity index (χ4n) is 2.59. The van der Waals surface area contributed by atoms with Crippen molar-refractivity contribution in [1.29, 1.82) is 0 Å². The minimum Gasteiger partial charge on any atom is -0.309 e. The molecule has 2 aliphatic carbocycles. The first-order valence-electron chi connectivity index (χ1n) is 8.25. The van der Waals surface area contributed by atoms with Gasteiger partial charge in [0.2, 0.25) is 0 Å². The molecule has 0 radical (unpaired) electrons. The first-order chi connectivity index (χ1) is 9.70. The van der Waals surface area contributed by atoms with Crippen molar-refractivity contribution < 1.29 is 0 Å². The molecule has 0 aliphatic heterocycles. The number of nitrogens with zero attached hydrogens (tertiary/aromatic N) is 1. The Kier molecular flexibility index (Phi) is 4.79. The molecule has 0 atom stereocenters. The third-order valence-electron chi connectivity index (χ3n) is 4.28. The summed E-state index contributed by atoms with van der Waals surface area (Å²) in [5, 5.41) is 3.61. The maximum atomic E-state index is 3.61. The summed E-state index contributed by atoms with van der Waals surface area (Å²) in [5.41, 5.74) is 0. The minimum absolute atomic E-state index is 0.814. The highest BCUT2D eigenvalue weighted by atomic mass is 32.1. The predicted molar refractivity (Wildman–Crippen MR) is 87.1 cm³/mol. The number of thiophene rings is 1. The monoisotopic (exact) mass is 292 g/mol. The Balaban J connectivity index is 1.48. The van der Waals surface area contributed by atoms with E-state index in [-0.39, 0.29) is 0 Å². The highest BCUT2D eigenvalue weighted by molar-refractivity contribution is 7.11. The molecule has 112 valence electrons. The Labute approximate surface area is 127 Å². The lowest BCUT2D eigenvalue weighted by Crippen LogP contribution is -2.27. The molecule has 3 heteroatoms. The first kappa shape index (κ1) is 14.6. The van der Waals surface area contributed by atoms with Crippen molar-refractivity contribution >= 4 is 11.3 Å². The molecule has 3 rings (SSSR count). The van der Waals surface area contributed by atoms with E-state index in [9.17, 15) is 0 Å². The molecule has 1 heterocycles. The van der Waals surface area contributed by atoms with E-state index in [1.807, 2.05) is 11.3 Å². The Morgan fingerprint density at radius 2 is 1.95 bits per heavy atom. The number of rotatable bonds is 9. The highest BCUT2D eigenvalue weighted by Crippen LogP contribution is 2.30. The van der Waals surface area contributed by atoms with Gasteiger partial charge in [0.25, 0.3) is 0 Å². The average molecular weight is 292 g/mol. The summed E-state index contributed by atoms with van der Waals surface area (Å²) in [5.74, 6) is 0.817. The van der Waals surface area contributed by atoms with E-state index in [0.29, 0.717) is 0 Å². The van der Waals surface area contributed by atoms with Crippen LogP contribution in [0.5, 0.6) is 0 Å². The summed E-state index contributed by atoms with van der Waals surface area (Å²) >= 11 is 2.01. The van der Waals surface area contributed by atoms with Gasteiger partial charge in [0.1, 0.15) is 0 Å². The largest absolute Gasteiger partial charge is 0.309 e. The van der Waals surface area contributed by atoms with Gasteiger partial charge in [-0.05, 0) is 56.7 Å². The summed E-state index contributed by atoms with van der Waals surface area (Å²) in [6.45, 7) is 8.18. The molecule has 0 bridgehead atoms. The van der Waals surface area contributed by atoms with Crippen molar-refractivity contribution in [3.8, 4) is 0 Å². The standard InChI is InChI=1S/C17H28N2S/c1-13(2)9-10-19(15-5-6-15)12-17-8-7-16(20-17)11-18-14-3-4-14/h7-8,13-15,18H,3-6,9-12H2,1-2H3.